The molecule has 0 unspecified atom stereocenters. The van der Waals surface area contributed by atoms with Gasteiger partial charge in [-0.3, -0.25) is 4.57 Å². The van der Waals surface area contributed by atoms with Crippen LogP contribution in [0.2, 0.25) is 0 Å². The quantitative estimate of drug-likeness (QED) is 0.709. The van der Waals surface area contributed by atoms with E-state index in [2.05, 4.69) is 45.6 Å². The number of benzene rings is 1. The first-order valence-electron chi connectivity index (χ1n) is 7.28. The number of hydrogen-bond donors (Lipinski definition) is 1. The molecule has 0 bridgehead atoms. The first-order valence-corrected chi connectivity index (χ1v) is 7.28. The topological polar surface area (TPSA) is 42.7 Å². The molecule has 2 heterocycles. The van der Waals surface area contributed by atoms with Gasteiger partial charge in [-0.05, 0) is 11.6 Å². The average molecular weight is 290 g/mol. The van der Waals surface area contributed by atoms with Gasteiger partial charge in [0.1, 0.15) is 12.1 Å². The predicted octanol–water partition coefficient (Wildman–Crippen LogP) is 3.07. The molecule has 4 nitrogen and oxygen atoms in total. The second-order valence-electron chi connectivity index (χ2n) is 4.90. The SMILES string of the molecule is C(=C\c1ccccc1)/CNCc1cccnc1-n1ccnc1. The van der Waals surface area contributed by atoms with Crippen LogP contribution in [-0.2, 0) is 6.54 Å². The van der Waals surface area contributed by atoms with E-state index in [1.54, 1.807) is 18.7 Å². The molecule has 1 aromatic carbocycles. The van der Waals surface area contributed by atoms with E-state index in [1.165, 1.54) is 5.56 Å². The van der Waals surface area contributed by atoms with Gasteiger partial charge in [0.25, 0.3) is 0 Å². The van der Waals surface area contributed by atoms with Crippen LogP contribution in [0.3, 0.4) is 0 Å². The average Bonchev–Trinajstić information content (AvgIpc) is 3.10. The van der Waals surface area contributed by atoms with Crippen molar-refractivity contribution in [2.45, 2.75) is 6.54 Å². The summed E-state index contributed by atoms with van der Waals surface area (Å²) in [6, 6.07) is 14.3. The zero-order valence-corrected chi connectivity index (χ0v) is 12.3. The summed E-state index contributed by atoms with van der Waals surface area (Å²) in [6.07, 6.45) is 11.5. The Balaban J connectivity index is 1.57. The van der Waals surface area contributed by atoms with Crippen LogP contribution in [-0.4, -0.2) is 21.1 Å². The van der Waals surface area contributed by atoms with Crippen molar-refractivity contribution in [1.29, 1.82) is 0 Å². The Bertz CT molecular complexity index is 718. The summed E-state index contributed by atoms with van der Waals surface area (Å²) >= 11 is 0. The summed E-state index contributed by atoms with van der Waals surface area (Å²) in [4.78, 5) is 8.51. The molecule has 0 saturated carbocycles. The fourth-order valence-corrected chi connectivity index (χ4v) is 2.23. The first kappa shape index (κ1) is 14.2. The van der Waals surface area contributed by atoms with Gasteiger partial charge in [0, 0.05) is 37.2 Å². The molecule has 110 valence electrons. The number of imidazole rings is 1. The molecular formula is C18H18N4. The van der Waals surface area contributed by atoms with E-state index in [4.69, 9.17) is 0 Å². The highest BCUT2D eigenvalue weighted by molar-refractivity contribution is 5.48. The van der Waals surface area contributed by atoms with Gasteiger partial charge >= 0.3 is 0 Å². The van der Waals surface area contributed by atoms with Crippen LogP contribution in [0.4, 0.5) is 0 Å². The molecule has 0 spiro atoms. The Hall–Kier alpha value is -2.72. The molecule has 4 heteroatoms. The van der Waals surface area contributed by atoms with Crippen LogP contribution in [0.5, 0.6) is 0 Å². The van der Waals surface area contributed by atoms with Crippen molar-refractivity contribution in [3.8, 4) is 5.82 Å². The van der Waals surface area contributed by atoms with Crippen molar-refractivity contribution in [2.75, 3.05) is 6.54 Å². The Labute approximate surface area is 130 Å². The van der Waals surface area contributed by atoms with Crippen molar-refractivity contribution >= 4 is 6.08 Å². The third-order valence-corrected chi connectivity index (χ3v) is 3.30. The molecule has 2 aromatic heterocycles. The monoisotopic (exact) mass is 290 g/mol. The lowest BCUT2D eigenvalue weighted by atomic mass is 10.2. The largest absolute Gasteiger partial charge is 0.309 e. The van der Waals surface area contributed by atoms with Gasteiger partial charge in [0.15, 0.2) is 0 Å². The van der Waals surface area contributed by atoms with E-state index < -0.39 is 0 Å². The van der Waals surface area contributed by atoms with Crippen LogP contribution in [0.15, 0.2) is 73.5 Å². The van der Waals surface area contributed by atoms with Crippen molar-refractivity contribution < 1.29 is 0 Å². The standard InChI is InChI=1S/C18H18N4/c1-2-6-16(7-3-1)8-4-10-19-14-17-9-5-11-21-18(17)22-13-12-20-15-22/h1-9,11-13,15,19H,10,14H2/b8-4+. The molecule has 0 radical (unpaired) electrons. The van der Waals surface area contributed by atoms with Crippen LogP contribution >= 0.6 is 0 Å². The van der Waals surface area contributed by atoms with Gasteiger partial charge in [-0.2, -0.15) is 0 Å². The van der Waals surface area contributed by atoms with Gasteiger partial charge in [-0.15, -0.1) is 0 Å². The minimum atomic E-state index is 0.764. The zero-order chi connectivity index (χ0) is 15.0. The van der Waals surface area contributed by atoms with E-state index in [9.17, 15) is 0 Å². The number of hydrogen-bond acceptors (Lipinski definition) is 3. The molecule has 0 saturated heterocycles. The summed E-state index contributed by atoms with van der Waals surface area (Å²) in [7, 11) is 0. The number of rotatable bonds is 6. The lowest BCUT2D eigenvalue weighted by molar-refractivity contribution is 0.749. The van der Waals surface area contributed by atoms with Crippen molar-refractivity contribution in [3.05, 3.63) is 84.6 Å². The van der Waals surface area contributed by atoms with Crippen LogP contribution in [0, 0.1) is 0 Å². The molecule has 1 N–H and O–H groups in total. The van der Waals surface area contributed by atoms with Crippen LogP contribution in [0.1, 0.15) is 11.1 Å². The second-order valence-corrected chi connectivity index (χ2v) is 4.90. The third kappa shape index (κ3) is 3.68. The minimum Gasteiger partial charge on any atom is -0.309 e. The van der Waals surface area contributed by atoms with Gasteiger partial charge in [-0.1, -0.05) is 48.6 Å². The highest BCUT2D eigenvalue weighted by Crippen LogP contribution is 2.10. The van der Waals surface area contributed by atoms with E-state index in [0.29, 0.717) is 0 Å². The number of nitrogens with zero attached hydrogens (tertiary/aromatic N) is 3. The van der Waals surface area contributed by atoms with E-state index in [1.807, 2.05) is 35.0 Å². The zero-order valence-electron chi connectivity index (χ0n) is 12.3. The van der Waals surface area contributed by atoms with Crippen LogP contribution in [0.25, 0.3) is 11.9 Å². The highest BCUT2D eigenvalue weighted by atomic mass is 15.1. The van der Waals surface area contributed by atoms with Crippen molar-refractivity contribution in [1.82, 2.24) is 19.9 Å². The normalized spacial score (nSPS) is 11.1. The maximum atomic E-state index is 4.43. The first-order chi connectivity index (χ1) is 10.9. The maximum Gasteiger partial charge on any atom is 0.142 e. The smallest absolute Gasteiger partial charge is 0.142 e. The van der Waals surface area contributed by atoms with E-state index >= 15 is 0 Å². The molecule has 0 amide bonds. The minimum absolute atomic E-state index is 0.764. The van der Waals surface area contributed by atoms with Gasteiger partial charge in [-0.25, -0.2) is 9.97 Å². The molecule has 0 atom stereocenters. The predicted molar refractivity (Wildman–Crippen MR) is 88.5 cm³/mol. The summed E-state index contributed by atoms with van der Waals surface area (Å²) in [5, 5.41) is 3.41. The Kier molecular flexibility index (Phi) is 4.74. The molecule has 0 aliphatic heterocycles. The summed E-state index contributed by atoms with van der Waals surface area (Å²) in [6.45, 7) is 1.58. The number of aromatic nitrogens is 3. The fourth-order valence-electron chi connectivity index (χ4n) is 2.23. The molecule has 3 rings (SSSR count). The van der Waals surface area contributed by atoms with E-state index in [-0.39, 0.29) is 0 Å². The molecular weight excluding hydrogens is 272 g/mol. The molecule has 3 aromatic rings. The Morgan fingerprint density at radius 1 is 1.05 bits per heavy atom. The summed E-state index contributed by atoms with van der Waals surface area (Å²) < 4.78 is 1.93. The lowest BCUT2D eigenvalue weighted by Crippen LogP contribution is -2.15. The van der Waals surface area contributed by atoms with Gasteiger partial charge in [0.2, 0.25) is 0 Å². The molecule has 0 aliphatic carbocycles. The fraction of sp³-hybridized carbons (Fsp3) is 0.111. The van der Waals surface area contributed by atoms with Crippen molar-refractivity contribution in [2.24, 2.45) is 0 Å². The molecule has 0 fully saturated rings. The van der Waals surface area contributed by atoms with Gasteiger partial charge in [0.05, 0.1) is 0 Å². The highest BCUT2D eigenvalue weighted by Gasteiger charge is 2.03. The number of pyridine rings is 1. The molecule has 22 heavy (non-hydrogen) atoms. The molecule has 0 aliphatic rings. The van der Waals surface area contributed by atoms with E-state index in [0.717, 1.165) is 24.5 Å². The second kappa shape index (κ2) is 7.33. The lowest BCUT2D eigenvalue weighted by Gasteiger charge is -2.08. The maximum absolute atomic E-state index is 4.43. The third-order valence-electron chi connectivity index (χ3n) is 3.30. The summed E-state index contributed by atoms with van der Waals surface area (Å²) in [5.74, 6) is 0.916. The Morgan fingerprint density at radius 2 is 1.95 bits per heavy atom. The summed E-state index contributed by atoms with van der Waals surface area (Å²) in [5.41, 5.74) is 2.36. The Morgan fingerprint density at radius 3 is 2.77 bits per heavy atom. The van der Waals surface area contributed by atoms with Crippen LogP contribution < -0.4 is 5.32 Å². The van der Waals surface area contributed by atoms with Gasteiger partial charge < -0.3 is 5.32 Å². The number of nitrogens with one attached hydrogen (secondary N) is 1. The van der Waals surface area contributed by atoms with Crippen molar-refractivity contribution in [3.63, 3.8) is 0 Å².